The normalized spacial score (nSPS) is 10.2. The predicted octanol–water partition coefficient (Wildman–Crippen LogP) is 2.71. The van der Waals surface area contributed by atoms with E-state index in [0.29, 0.717) is 23.6 Å². The molecule has 0 heterocycles. The Balaban J connectivity index is 2.04. The molecule has 0 spiro atoms. The fourth-order valence-corrected chi connectivity index (χ4v) is 1.96. The van der Waals surface area contributed by atoms with Crippen LogP contribution >= 0.6 is 15.9 Å². The molecule has 4 nitrogen and oxygen atoms in total. The number of carbonyl (C=O) groups is 1. The van der Waals surface area contributed by atoms with Gasteiger partial charge in [-0.3, -0.25) is 4.79 Å². The van der Waals surface area contributed by atoms with Crippen molar-refractivity contribution < 1.29 is 9.53 Å². The number of primary amides is 1. The Morgan fingerprint density at radius 1 is 1.16 bits per heavy atom. The van der Waals surface area contributed by atoms with E-state index in [1.54, 1.807) is 36.4 Å². The molecule has 2 aromatic carbocycles. The number of rotatable bonds is 4. The van der Waals surface area contributed by atoms with Crippen molar-refractivity contribution >= 4 is 27.5 Å². The Morgan fingerprint density at radius 2 is 1.84 bits per heavy atom. The van der Waals surface area contributed by atoms with Crippen LogP contribution < -0.4 is 16.2 Å². The van der Waals surface area contributed by atoms with Gasteiger partial charge >= 0.3 is 0 Å². The number of anilines is 1. The molecule has 0 fully saturated rings. The number of carbonyl (C=O) groups excluding carboxylic acids is 1. The first-order chi connectivity index (χ1) is 9.06. The minimum Gasteiger partial charge on any atom is -0.487 e. The fraction of sp³-hybridized carbons (Fsp3) is 0.0714. The summed E-state index contributed by atoms with van der Waals surface area (Å²) in [5.41, 5.74) is 13.0. The summed E-state index contributed by atoms with van der Waals surface area (Å²) in [6.07, 6.45) is 0. The Labute approximate surface area is 119 Å². The van der Waals surface area contributed by atoms with Gasteiger partial charge in [0.2, 0.25) is 5.91 Å². The predicted molar refractivity (Wildman–Crippen MR) is 77.8 cm³/mol. The third kappa shape index (κ3) is 3.48. The van der Waals surface area contributed by atoms with E-state index in [4.69, 9.17) is 16.2 Å². The molecule has 1 amide bonds. The van der Waals surface area contributed by atoms with Crippen molar-refractivity contribution in [1.82, 2.24) is 0 Å². The van der Waals surface area contributed by atoms with Crippen molar-refractivity contribution in [2.24, 2.45) is 5.73 Å². The van der Waals surface area contributed by atoms with Gasteiger partial charge in [0, 0.05) is 10.0 Å². The van der Waals surface area contributed by atoms with Gasteiger partial charge < -0.3 is 16.2 Å². The van der Waals surface area contributed by atoms with Crippen LogP contribution in [0.4, 0.5) is 5.69 Å². The SMILES string of the molecule is NC(=O)c1ccc(COc2ccc(Br)cc2N)cc1. The number of hydrogen-bond donors (Lipinski definition) is 2. The Kier molecular flexibility index (Phi) is 4.06. The van der Waals surface area contributed by atoms with Crippen molar-refractivity contribution in [2.75, 3.05) is 5.73 Å². The summed E-state index contributed by atoms with van der Waals surface area (Å²) in [5, 5.41) is 0. The molecule has 0 bridgehead atoms. The number of ether oxygens (including phenoxy) is 1. The zero-order valence-corrected chi connectivity index (χ0v) is 11.7. The maximum Gasteiger partial charge on any atom is 0.248 e. The second-order valence-electron chi connectivity index (χ2n) is 4.03. The minimum absolute atomic E-state index is 0.380. The quantitative estimate of drug-likeness (QED) is 0.850. The first kappa shape index (κ1) is 13.4. The standard InChI is InChI=1S/C14H13BrN2O2/c15-11-5-6-13(12(16)7-11)19-8-9-1-3-10(4-2-9)14(17)18/h1-7H,8,16H2,(H2,17,18). The smallest absolute Gasteiger partial charge is 0.248 e. The molecule has 0 aromatic heterocycles. The van der Waals surface area contributed by atoms with Gasteiger partial charge in [0.1, 0.15) is 12.4 Å². The average Bonchev–Trinajstić information content (AvgIpc) is 2.38. The number of benzene rings is 2. The third-order valence-corrected chi connectivity index (χ3v) is 3.10. The molecule has 19 heavy (non-hydrogen) atoms. The van der Waals surface area contributed by atoms with E-state index >= 15 is 0 Å². The van der Waals surface area contributed by atoms with Crippen molar-refractivity contribution in [1.29, 1.82) is 0 Å². The van der Waals surface area contributed by atoms with E-state index in [0.717, 1.165) is 10.0 Å². The van der Waals surface area contributed by atoms with Crippen molar-refractivity contribution in [2.45, 2.75) is 6.61 Å². The molecule has 2 rings (SSSR count). The highest BCUT2D eigenvalue weighted by molar-refractivity contribution is 9.10. The second-order valence-corrected chi connectivity index (χ2v) is 4.95. The number of nitrogen functional groups attached to an aromatic ring is 1. The van der Waals surface area contributed by atoms with Crippen LogP contribution in [0, 0.1) is 0 Å². The van der Waals surface area contributed by atoms with Crippen LogP contribution in [0.5, 0.6) is 5.75 Å². The highest BCUT2D eigenvalue weighted by atomic mass is 79.9. The van der Waals surface area contributed by atoms with Crippen LogP contribution in [0.3, 0.4) is 0 Å². The highest BCUT2D eigenvalue weighted by Gasteiger charge is 2.03. The van der Waals surface area contributed by atoms with Crippen LogP contribution in [0.2, 0.25) is 0 Å². The van der Waals surface area contributed by atoms with Crippen LogP contribution in [-0.2, 0) is 6.61 Å². The average molecular weight is 321 g/mol. The minimum atomic E-state index is -0.440. The van der Waals surface area contributed by atoms with Crippen LogP contribution in [-0.4, -0.2) is 5.91 Å². The molecule has 0 unspecified atom stereocenters. The Hall–Kier alpha value is -2.01. The topological polar surface area (TPSA) is 78.3 Å². The van der Waals surface area contributed by atoms with Gasteiger partial charge in [-0.25, -0.2) is 0 Å². The van der Waals surface area contributed by atoms with E-state index in [2.05, 4.69) is 15.9 Å². The summed E-state index contributed by atoms with van der Waals surface area (Å²) in [6, 6.07) is 12.4. The molecular weight excluding hydrogens is 308 g/mol. The largest absolute Gasteiger partial charge is 0.487 e. The van der Waals surface area contributed by atoms with Gasteiger partial charge in [-0.15, -0.1) is 0 Å². The maximum atomic E-state index is 10.9. The number of halogens is 1. The second kappa shape index (κ2) is 5.75. The lowest BCUT2D eigenvalue weighted by Crippen LogP contribution is -2.10. The summed E-state index contributed by atoms with van der Waals surface area (Å²) in [5.74, 6) is 0.187. The molecular formula is C14H13BrN2O2. The van der Waals surface area contributed by atoms with Crippen molar-refractivity contribution in [3.63, 3.8) is 0 Å². The van der Waals surface area contributed by atoms with E-state index in [1.807, 2.05) is 6.07 Å². The summed E-state index contributed by atoms with van der Waals surface area (Å²) >= 11 is 3.33. The number of nitrogens with two attached hydrogens (primary N) is 2. The fourth-order valence-electron chi connectivity index (χ4n) is 1.58. The van der Waals surface area contributed by atoms with Crippen molar-refractivity contribution in [3.05, 3.63) is 58.1 Å². The van der Waals surface area contributed by atoms with Gasteiger partial charge in [-0.05, 0) is 35.9 Å². The zero-order chi connectivity index (χ0) is 13.8. The van der Waals surface area contributed by atoms with E-state index in [-0.39, 0.29) is 0 Å². The van der Waals surface area contributed by atoms with E-state index < -0.39 is 5.91 Å². The zero-order valence-electron chi connectivity index (χ0n) is 10.1. The summed E-state index contributed by atoms with van der Waals surface area (Å²) in [7, 11) is 0. The lowest BCUT2D eigenvalue weighted by atomic mass is 10.1. The molecule has 0 aliphatic heterocycles. The van der Waals surface area contributed by atoms with E-state index in [9.17, 15) is 4.79 Å². The van der Waals surface area contributed by atoms with Crippen molar-refractivity contribution in [3.8, 4) is 5.75 Å². The molecule has 0 atom stereocenters. The molecule has 0 aliphatic rings. The molecule has 98 valence electrons. The summed E-state index contributed by atoms with van der Waals surface area (Å²) in [6.45, 7) is 0.380. The molecule has 0 aliphatic carbocycles. The summed E-state index contributed by atoms with van der Waals surface area (Å²) in [4.78, 5) is 10.9. The summed E-state index contributed by atoms with van der Waals surface area (Å²) < 4.78 is 6.52. The van der Waals surface area contributed by atoms with Crippen LogP contribution in [0.1, 0.15) is 15.9 Å². The molecule has 5 heteroatoms. The maximum absolute atomic E-state index is 10.9. The highest BCUT2D eigenvalue weighted by Crippen LogP contribution is 2.25. The monoisotopic (exact) mass is 320 g/mol. The van der Waals surface area contributed by atoms with Crippen LogP contribution in [0.25, 0.3) is 0 Å². The lowest BCUT2D eigenvalue weighted by Gasteiger charge is -2.09. The molecule has 2 aromatic rings. The van der Waals surface area contributed by atoms with E-state index in [1.165, 1.54) is 0 Å². The number of amides is 1. The first-order valence-corrected chi connectivity index (χ1v) is 6.42. The third-order valence-electron chi connectivity index (χ3n) is 2.60. The van der Waals surface area contributed by atoms with Gasteiger partial charge in [0.05, 0.1) is 5.69 Å². The first-order valence-electron chi connectivity index (χ1n) is 5.63. The Bertz CT molecular complexity index is 597. The molecule has 0 radical (unpaired) electrons. The molecule has 4 N–H and O–H groups in total. The molecule has 0 saturated carbocycles. The van der Waals surface area contributed by atoms with Gasteiger partial charge in [0.15, 0.2) is 0 Å². The Morgan fingerprint density at radius 3 is 2.42 bits per heavy atom. The van der Waals surface area contributed by atoms with Crippen LogP contribution in [0.15, 0.2) is 46.9 Å². The lowest BCUT2D eigenvalue weighted by molar-refractivity contribution is 0.1000. The van der Waals surface area contributed by atoms with Gasteiger partial charge in [-0.2, -0.15) is 0 Å². The van der Waals surface area contributed by atoms with Gasteiger partial charge in [-0.1, -0.05) is 28.1 Å². The van der Waals surface area contributed by atoms with Gasteiger partial charge in [0.25, 0.3) is 0 Å². The number of hydrogen-bond acceptors (Lipinski definition) is 3. The molecule has 0 saturated heterocycles.